The van der Waals surface area contributed by atoms with Crippen molar-refractivity contribution >= 4 is 17.6 Å². The summed E-state index contributed by atoms with van der Waals surface area (Å²) < 4.78 is 17.5. The first-order chi connectivity index (χ1) is 22.1. The molecule has 46 heavy (non-hydrogen) atoms. The van der Waals surface area contributed by atoms with Crippen molar-refractivity contribution < 1.29 is 33.4 Å². The van der Waals surface area contributed by atoms with Gasteiger partial charge in [-0.05, 0) is 60.7 Å². The number of anilines is 1. The smallest absolute Gasteiger partial charge is 0.308 e. The number of quaternary nitrogens is 1. The number of methoxy groups -OCH3 is 1. The number of fused-ring (bicyclic) bond motifs is 1. The molecular formula is C37H48N3O6+. The number of carbonyl (C=O) groups is 2. The van der Waals surface area contributed by atoms with Gasteiger partial charge in [0.15, 0.2) is 11.5 Å². The SMILES string of the molecule is CCCCN(C(=O)CN1C[C@H](c2ccc3c(c2)OCO3)C(C(=O)O)[C@@H]1CCc1ccccc1OC)c1cccc(C[N+](C)(C)C)c1. The van der Waals surface area contributed by atoms with Crippen LogP contribution in [0.2, 0.25) is 0 Å². The standard InChI is InChI=1S/C37H47N3O6/c1-6-7-19-39(29-13-10-11-26(20-29)24-40(2,3)4)35(41)23-38-22-30(28-16-18-33-34(21-28)46-25-45-33)36(37(42)43)31(38)17-15-27-12-8-9-14-32(27)44-5/h8-14,16,18,20-21,30-31,36H,6-7,15,17,19,22-25H2,1-5H3/p+1/t30-,31+,36?/m1/s1. The molecule has 3 atom stereocenters. The molecule has 1 N–H and O–H groups in total. The van der Waals surface area contributed by atoms with Gasteiger partial charge >= 0.3 is 5.97 Å². The first kappa shape index (κ1) is 33.3. The topological polar surface area (TPSA) is 88.5 Å². The van der Waals surface area contributed by atoms with E-state index in [-0.39, 0.29) is 31.2 Å². The van der Waals surface area contributed by atoms with Crippen LogP contribution in [0.15, 0.2) is 66.7 Å². The van der Waals surface area contributed by atoms with E-state index in [0.717, 1.165) is 46.4 Å². The highest BCUT2D eigenvalue weighted by Crippen LogP contribution is 2.43. The van der Waals surface area contributed by atoms with Crippen LogP contribution in [-0.4, -0.2) is 87.1 Å². The number of hydrogen-bond acceptors (Lipinski definition) is 6. The fourth-order valence-electron chi connectivity index (χ4n) is 6.89. The van der Waals surface area contributed by atoms with E-state index in [1.807, 2.05) is 59.5 Å². The molecule has 1 saturated heterocycles. The van der Waals surface area contributed by atoms with Crippen LogP contribution in [0.4, 0.5) is 5.69 Å². The summed E-state index contributed by atoms with van der Waals surface area (Å²) in [5.41, 5.74) is 3.95. The summed E-state index contributed by atoms with van der Waals surface area (Å²) in [5.74, 6) is 0.155. The van der Waals surface area contributed by atoms with Crippen LogP contribution in [-0.2, 0) is 22.6 Å². The maximum atomic E-state index is 14.3. The van der Waals surface area contributed by atoms with Gasteiger partial charge in [-0.2, -0.15) is 0 Å². The lowest BCUT2D eigenvalue weighted by molar-refractivity contribution is -0.884. The number of ether oxygens (including phenoxy) is 3. The number of aryl methyl sites for hydroxylation is 1. The molecule has 246 valence electrons. The zero-order chi connectivity index (χ0) is 32.8. The molecule has 1 fully saturated rings. The molecule has 0 saturated carbocycles. The summed E-state index contributed by atoms with van der Waals surface area (Å²) in [5, 5.41) is 10.7. The minimum atomic E-state index is -0.863. The van der Waals surface area contributed by atoms with Gasteiger partial charge in [-0.1, -0.05) is 49.7 Å². The number of aliphatic carboxylic acids is 1. The molecule has 1 amide bonds. The number of hydrogen-bond donors (Lipinski definition) is 1. The van der Waals surface area contributed by atoms with Crippen LogP contribution >= 0.6 is 0 Å². The minimum absolute atomic E-state index is 0.0198. The zero-order valence-electron chi connectivity index (χ0n) is 27.8. The molecular weight excluding hydrogens is 582 g/mol. The highest BCUT2D eigenvalue weighted by molar-refractivity contribution is 5.95. The van der Waals surface area contributed by atoms with Crippen LogP contribution in [0, 0.1) is 5.92 Å². The largest absolute Gasteiger partial charge is 0.496 e. The maximum absolute atomic E-state index is 14.3. The van der Waals surface area contributed by atoms with Gasteiger partial charge in [-0.3, -0.25) is 14.5 Å². The maximum Gasteiger partial charge on any atom is 0.308 e. The Balaban J connectivity index is 1.45. The number of carboxylic acids is 1. The Morgan fingerprint density at radius 1 is 1.02 bits per heavy atom. The number of unbranched alkanes of at least 4 members (excludes halogenated alkanes) is 1. The molecule has 9 heteroatoms. The normalized spacial score (nSPS) is 19.3. The zero-order valence-corrected chi connectivity index (χ0v) is 27.8. The second-order valence-electron chi connectivity index (χ2n) is 13.4. The van der Waals surface area contributed by atoms with Gasteiger partial charge in [0.05, 0.1) is 40.7 Å². The summed E-state index contributed by atoms with van der Waals surface area (Å²) in [7, 11) is 8.11. The summed E-state index contributed by atoms with van der Waals surface area (Å²) in [6.45, 7) is 4.30. The molecule has 9 nitrogen and oxygen atoms in total. The summed E-state index contributed by atoms with van der Waals surface area (Å²) in [6, 6.07) is 21.4. The molecule has 5 rings (SSSR count). The monoisotopic (exact) mass is 630 g/mol. The Hall–Kier alpha value is -4.08. The van der Waals surface area contributed by atoms with Gasteiger partial charge in [-0.15, -0.1) is 0 Å². The Morgan fingerprint density at radius 3 is 2.54 bits per heavy atom. The number of carboxylic acid groups (broad SMARTS) is 1. The molecule has 3 aromatic rings. The average Bonchev–Trinajstić information content (AvgIpc) is 3.64. The Labute approximate surface area is 272 Å². The van der Waals surface area contributed by atoms with Crippen LogP contribution < -0.4 is 19.1 Å². The van der Waals surface area contributed by atoms with Gasteiger partial charge in [0.1, 0.15) is 12.3 Å². The van der Waals surface area contributed by atoms with E-state index in [4.69, 9.17) is 14.2 Å². The molecule has 0 radical (unpaired) electrons. The molecule has 0 bridgehead atoms. The van der Waals surface area contributed by atoms with E-state index in [2.05, 4.69) is 45.1 Å². The first-order valence-corrected chi connectivity index (χ1v) is 16.3. The lowest BCUT2D eigenvalue weighted by Crippen LogP contribution is -2.44. The second kappa shape index (κ2) is 14.6. The fourth-order valence-corrected chi connectivity index (χ4v) is 6.89. The number of para-hydroxylation sites is 1. The molecule has 3 aromatic carbocycles. The fraction of sp³-hybridized carbons (Fsp3) is 0.459. The van der Waals surface area contributed by atoms with E-state index in [1.165, 1.54) is 5.56 Å². The van der Waals surface area contributed by atoms with Crippen molar-refractivity contribution in [2.24, 2.45) is 5.92 Å². The summed E-state index contributed by atoms with van der Waals surface area (Å²) in [4.78, 5) is 31.3. The van der Waals surface area contributed by atoms with Gasteiger partial charge in [0.25, 0.3) is 0 Å². The highest BCUT2D eigenvalue weighted by atomic mass is 16.7. The van der Waals surface area contributed by atoms with E-state index < -0.39 is 11.9 Å². The van der Waals surface area contributed by atoms with Crippen LogP contribution in [0.3, 0.4) is 0 Å². The highest BCUT2D eigenvalue weighted by Gasteiger charge is 2.47. The number of amides is 1. The molecule has 1 unspecified atom stereocenters. The third-order valence-corrected chi connectivity index (χ3v) is 9.01. The number of rotatable bonds is 14. The van der Waals surface area contributed by atoms with Crippen molar-refractivity contribution in [3.63, 3.8) is 0 Å². The van der Waals surface area contributed by atoms with Crippen LogP contribution in [0.25, 0.3) is 0 Å². The molecule has 2 aliphatic heterocycles. The molecule has 2 aliphatic rings. The number of nitrogens with zero attached hydrogens (tertiary/aromatic N) is 3. The first-order valence-electron chi connectivity index (χ1n) is 16.3. The molecule has 0 aromatic heterocycles. The Bertz CT molecular complexity index is 1520. The predicted octanol–water partition coefficient (Wildman–Crippen LogP) is 5.56. The van der Waals surface area contributed by atoms with E-state index in [0.29, 0.717) is 37.4 Å². The Kier molecular flexibility index (Phi) is 10.5. The van der Waals surface area contributed by atoms with Crippen molar-refractivity contribution in [1.29, 1.82) is 0 Å². The van der Waals surface area contributed by atoms with Crippen LogP contribution in [0.1, 0.15) is 48.8 Å². The molecule has 0 aliphatic carbocycles. The Morgan fingerprint density at radius 2 is 1.80 bits per heavy atom. The third-order valence-electron chi connectivity index (χ3n) is 9.01. The summed E-state index contributed by atoms with van der Waals surface area (Å²) in [6.07, 6.45) is 3.03. The average molecular weight is 631 g/mol. The van der Waals surface area contributed by atoms with Crippen molar-refractivity contribution in [1.82, 2.24) is 4.90 Å². The predicted molar refractivity (Wildman–Crippen MR) is 179 cm³/mol. The number of likely N-dealkylation sites (tertiary alicyclic amines) is 1. The van der Waals surface area contributed by atoms with E-state index in [9.17, 15) is 14.7 Å². The van der Waals surface area contributed by atoms with Crippen molar-refractivity contribution in [3.05, 3.63) is 83.4 Å². The van der Waals surface area contributed by atoms with E-state index >= 15 is 0 Å². The quantitative estimate of drug-likeness (QED) is 0.233. The number of carbonyl (C=O) groups excluding carboxylic acids is 1. The molecule has 0 spiro atoms. The van der Waals surface area contributed by atoms with Crippen molar-refractivity contribution in [2.45, 2.75) is 51.1 Å². The van der Waals surface area contributed by atoms with Gasteiger partial charge in [0.2, 0.25) is 12.7 Å². The van der Waals surface area contributed by atoms with Gasteiger partial charge in [-0.25, -0.2) is 0 Å². The molecule has 2 heterocycles. The van der Waals surface area contributed by atoms with Gasteiger partial charge in [0, 0.05) is 36.3 Å². The van der Waals surface area contributed by atoms with Crippen LogP contribution in [0.5, 0.6) is 17.2 Å². The van der Waals surface area contributed by atoms with Gasteiger partial charge < -0.3 is 28.7 Å². The lowest BCUT2D eigenvalue weighted by Gasteiger charge is -2.30. The minimum Gasteiger partial charge on any atom is -0.496 e. The number of benzene rings is 3. The summed E-state index contributed by atoms with van der Waals surface area (Å²) >= 11 is 0. The van der Waals surface area contributed by atoms with E-state index in [1.54, 1.807) is 7.11 Å². The van der Waals surface area contributed by atoms with Crippen molar-refractivity contribution in [2.75, 3.05) is 59.6 Å². The second-order valence-corrected chi connectivity index (χ2v) is 13.4. The third kappa shape index (κ3) is 7.82. The van der Waals surface area contributed by atoms with Crippen molar-refractivity contribution in [3.8, 4) is 17.2 Å². The lowest BCUT2D eigenvalue weighted by atomic mass is 9.83.